The van der Waals surface area contributed by atoms with E-state index in [2.05, 4.69) is 9.67 Å². The molecule has 29 heavy (non-hydrogen) atoms. The molecular formula is C21H24N4O3S. The summed E-state index contributed by atoms with van der Waals surface area (Å²) in [6, 6.07) is 9.39. The van der Waals surface area contributed by atoms with Crippen molar-refractivity contribution in [3.05, 3.63) is 46.4 Å². The van der Waals surface area contributed by atoms with Crippen LogP contribution in [0, 0.1) is 0 Å². The van der Waals surface area contributed by atoms with Crippen LogP contribution in [0.4, 0.5) is 0 Å². The highest BCUT2D eigenvalue weighted by atomic mass is 32.2. The van der Waals surface area contributed by atoms with E-state index in [-0.39, 0.29) is 16.8 Å². The number of thioether (sulfide) groups is 1. The maximum absolute atomic E-state index is 13.2. The fraction of sp³-hybridized carbons (Fsp3) is 0.429. The lowest BCUT2D eigenvalue weighted by molar-refractivity contribution is -0.142. The van der Waals surface area contributed by atoms with Crippen LogP contribution >= 0.6 is 11.8 Å². The Kier molecular flexibility index (Phi) is 5.71. The van der Waals surface area contributed by atoms with Gasteiger partial charge in [-0.15, -0.1) is 5.10 Å². The fourth-order valence-electron chi connectivity index (χ4n) is 3.65. The Hall–Kier alpha value is -2.61. The summed E-state index contributed by atoms with van der Waals surface area (Å²) in [4.78, 5) is 30.1. The number of esters is 1. The van der Waals surface area contributed by atoms with Gasteiger partial charge in [0.15, 0.2) is 11.0 Å². The Balaban J connectivity index is 1.85. The minimum Gasteiger partial charge on any atom is -0.465 e. The Morgan fingerprint density at radius 1 is 1.24 bits per heavy atom. The molecule has 4 rings (SSSR count). The highest BCUT2D eigenvalue weighted by Gasteiger charge is 2.28. The Bertz CT molecular complexity index is 1040. The molecule has 0 amide bonds. The van der Waals surface area contributed by atoms with Crippen molar-refractivity contribution >= 4 is 17.7 Å². The highest BCUT2D eigenvalue weighted by molar-refractivity contribution is 8.00. The van der Waals surface area contributed by atoms with Gasteiger partial charge in [-0.2, -0.15) is 4.68 Å². The zero-order valence-electron chi connectivity index (χ0n) is 16.6. The number of hydrogen-bond donors (Lipinski definition) is 0. The highest BCUT2D eigenvalue weighted by Crippen LogP contribution is 2.32. The van der Waals surface area contributed by atoms with Gasteiger partial charge in [-0.25, -0.2) is 4.98 Å². The monoisotopic (exact) mass is 412 g/mol. The molecule has 152 valence electrons. The number of rotatable bonds is 5. The number of benzene rings is 1. The third kappa shape index (κ3) is 3.81. The maximum Gasteiger partial charge on any atom is 0.319 e. The van der Waals surface area contributed by atoms with E-state index < -0.39 is 0 Å². The predicted octanol–water partition coefficient (Wildman–Crippen LogP) is 3.30. The number of carbonyl (C=O) groups excluding carboxylic acids is 1. The minimum absolute atomic E-state index is 0.139. The van der Waals surface area contributed by atoms with Crippen molar-refractivity contribution in [3.8, 4) is 17.1 Å². The van der Waals surface area contributed by atoms with Crippen molar-refractivity contribution in [2.24, 2.45) is 0 Å². The molecule has 0 spiro atoms. The number of para-hydroxylation sites is 1. The van der Waals surface area contributed by atoms with Crippen LogP contribution in [0.1, 0.15) is 38.8 Å². The number of hydrogen-bond acceptors (Lipinski definition) is 6. The molecule has 3 heterocycles. The van der Waals surface area contributed by atoms with Crippen molar-refractivity contribution in [3.63, 3.8) is 0 Å². The molecule has 1 atom stereocenters. The van der Waals surface area contributed by atoms with Gasteiger partial charge in [-0.3, -0.25) is 9.59 Å². The Morgan fingerprint density at radius 3 is 2.79 bits per heavy atom. The first-order valence-corrected chi connectivity index (χ1v) is 10.9. The smallest absolute Gasteiger partial charge is 0.319 e. The SMILES string of the molecule is CCOC(=O)C(C)Sc1nc2nn(-c3ccccc3)c(=O)c-2c2n1CCCCC2. The average Bonchev–Trinajstić information content (AvgIpc) is 2.90. The van der Waals surface area contributed by atoms with Gasteiger partial charge in [0.25, 0.3) is 5.56 Å². The molecule has 0 N–H and O–H groups in total. The molecule has 1 aromatic rings. The van der Waals surface area contributed by atoms with E-state index in [1.807, 2.05) is 37.3 Å². The molecule has 7 nitrogen and oxygen atoms in total. The van der Waals surface area contributed by atoms with Crippen molar-refractivity contribution in [2.45, 2.75) is 56.5 Å². The van der Waals surface area contributed by atoms with Gasteiger partial charge in [-0.1, -0.05) is 36.4 Å². The summed E-state index contributed by atoms with van der Waals surface area (Å²) in [5.74, 6) is 0.173. The van der Waals surface area contributed by atoms with E-state index in [0.29, 0.717) is 23.2 Å². The lowest BCUT2D eigenvalue weighted by Gasteiger charge is -2.19. The van der Waals surface area contributed by atoms with Crippen LogP contribution in [0.25, 0.3) is 17.1 Å². The lowest BCUT2D eigenvalue weighted by atomic mass is 10.1. The third-order valence-electron chi connectivity index (χ3n) is 5.07. The second-order valence-electron chi connectivity index (χ2n) is 7.07. The summed E-state index contributed by atoms with van der Waals surface area (Å²) in [7, 11) is 0. The lowest BCUT2D eigenvalue weighted by Crippen LogP contribution is -2.21. The van der Waals surface area contributed by atoms with Gasteiger partial charge in [-0.05, 0) is 45.2 Å². The van der Waals surface area contributed by atoms with Gasteiger partial charge in [0.2, 0.25) is 0 Å². The van der Waals surface area contributed by atoms with E-state index in [9.17, 15) is 9.59 Å². The number of nitrogens with zero attached hydrogens (tertiary/aromatic N) is 4. The average molecular weight is 413 g/mol. The molecule has 0 saturated carbocycles. The summed E-state index contributed by atoms with van der Waals surface area (Å²) in [5, 5.41) is 4.85. The number of carbonyl (C=O) groups is 1. The molecule has 8 heteroatoms. The van der Waals surface area contributed by atoms with E-state index >= 15 is 0 Å². The molecule has 3 aliphatic rings. The molecular weight excluding hydrogens is 388 g/mol. The van der Waals surface area contributed by atoms with Gasteiger partial charge in [0, 0.05) is 12.2 Å². The second-order valence-corrected chi connectivity index (χ2v) is 8.37. The van der Waals surface area contributed by atoms with E-state index in [4.69, 9.17) is 9.72 Å². The van der Waals surface area contributed by atoms with Crippen LogP contribution in [0.2, 0.25) is 0 Å². The van der Waals surface area contributed by atoms with Crippen LogP contribution in [-0.4, -0.2) is 37.2 Å². The zero-order valence-corrected chi connectivity index (χ0v) is 17.4. The largest absolute Gasteiger partial charge is 0.465 e. The molecule has 0 radical (unpaired) electrons. The Morgan fingerprint density at radius 2 is 2.03 bits per heavy atom. The summed E-state index contributed by atoms with van der Waals surface area (Å²) >= 11 is 1.37. The topological polar surface area (TPSA) is 79.0 Å². The van der Waals surface area contributed by atoms with Crippen molar-refractivity contribution in [1.82, 2.24) is 19.3 Å². The van der Waals surface area contributed by atoms with Gasteiger partial charge >= 0.3 is 5.97 Å². The van der Waals surface area contributed by atoms with Crippen molar-refractivity contribution < 1.29 is 9.53 Å². The standard InChI is InChI=1S/C21H24N4O3S/c1-3-28-20(27)14(2)29-21-22-18-17(16-12-8-5-9-13-24(16)21)19(26)25(23-18)15-10-6-4-7-11-15/h4,6-7,10-11,14H,3,5,8-9,12-13H2,1-2H3. The Labute approximate surface area is 173 Å². The summed E-state index contributed by atoms with van der Waals surface area (Å²) < 4.78 is 8.68. The molecule has 0 aromatic heterocycles. The molecule has 0 bridgehead atoms. The summed E-state index contributed by atoms with van der Waals surface area (Å²) in [5.41, 5.74) is 2.14. The normalized spacial score (nSPS) is 15.0. The molecule has 1 unspecified atom stereocenters. The minimum atomic E-state index is -0.386. The van der Waals surface area contributed by atoms with Gasteiger partial charge < -0.3 is 9.30 Å². The van der Waals surface area contributed by atoms with Crippen LogP contribution in [0.3, 0.4) is 0 Å². The molecule has 1 aromatic carbocycles. The first kappa shape index (κ1) is 19.7. The maximum atomic E-state index is 13.2. The molecule has 0 saturated heterocycles. The first-order valence-electron chi connectivity index (χ1n) is 10.0. The van der Waals surface area contributed by atoms with Crippen LogP contribution in [0.15, 0.2) is 40.3 Å². The quantitative estimate of drug-likeness (QED) is 0.363. The molecule has 0 aliphatic carbocycles. The molecule has 0 fully saturated rings. The number of ether oxygens (including phenoxy) is 1. The van der Waals surface area contributed by atoms with E-state index in [0.717, 1.165) is 43.6 Å². The summed E-state index contributed by atoms with van der Waals surface area (Å²) in [6.45, 7) is 4.75. The van der Waals surface area contributed by atoms with Crippen molar-refractivity contribution in [1.29, 1.82) is 0 Å². The first-order chi connectivity index (χ1) is 14.1. The van der Waals surface area contributed by atoms with Crippen LogP contribution < -0.4 is 5.56 Å². The fourth-order valence-corrected chi connectivity index (χ4v) is 4.60. The zero-order chi connectivity index (χ0) is 20.4. The van der Waals surface area contributed by atoms with Crippen molar-refractivity contribution in [2.75, 3.05) is 6.61 Å². The second kappa shape index (κ2) is 8.41. The van der Waals surface area contributed by atoms with Crippen LogP contribution in [-0.2, 0) is 22.5 Å². The van der Waals surface area contributed by atoms with E-state index in [1.54, 1.807) is 6.92 Å². The predicted molar refractivity (Wildman–Crippen MR) is 112 cm³/mol. The number of fused-ring (bicyclic) bond motifs is 3. The van der Waals surface area contributed by atoms with Crippen LogP contribution in [0.5, 0.6) is 0 Å². The van der Waals surface area contributed by atoms with Gasteiger partial charge in [0.1, 0.15) is 10.8 Å². The third-order valence-corrected chi connectivity index (χ3v) is 6.14. The van der Waals surface area contributed by atoms with E-state index in [1.165, 1.54) is 16.4 Å². The summed E-state index contributed by atoms with van der Waals surface area (Å²) in [6.07, 6.45) is 3.94. The molecule has 3 aliphatic heterocycles. The van der Waals surface area contributed by atoms with Gasteiger partial charge in [0.05, 0.1) is 12.3 Å². The number of aromatic nitrogens is 4.